The predicted molar refractivity (Wildman–Crippen MR) is 120 cm³/mol. The lowest BCUT2D eigenvalue weighted by molar-refractivity contribution is -0.958. The number of hydrogen-bond acceptors (Lipinski definition) is 1. The van der Waals surface area contributed by atoms with Gasteiger partial charge in [-0.1, -0.05) is 54.6 Å². The van der Waals surface area contributed by atoms with Crippen molar-refractivity contribution in [3.63, 3.8) is 0 Å². The third-order valence-corrected chi connectivity index (χ3v) is 6.24. The van der Waals surface area contributed by atoms with Crippen molar-refractivity contribution in [3.05, 3.63) is 83.1 Å². The molecule has 0 unspecified atom stereocenters. The largest absolute Gasteiger partial charge is 0.337 e. The first kappa shape index (κ1) is 18.6. The van der Waals surface area contributed by atoms with Crippen molar-refractivity contribution in [1.29, 1.82) is 0 Å². The molecule has 29 heavy (non-hydrogen) atoms. The molecule has 1 aliphatic rings. The monoisotopic (exact) mass is 448 g/mol. The van der Waals surface area contributed by atoms with E-state index in [9.17, 15) is 0 Å². The van der Waals surface area contributed by atoms with Gasteiger partial charge < -0.3 is 10.2 Å². The highest BCUT2D eigenvalue weighted by Gasteiger charge is 2.22. The normalized spacial score (nSPS) is 15.1. The van der Waals surface area contributed by atoms with E-state index in [0.717, 1.165) is 22.4 Å². The number of aromatic nitrogens is 2. The fourth-order valence-electron chi connectivity index (χ4n) is 4.21. The summed E-state index contributed by atoms with van der Waals surface area (Å²) in [7, 11) is 0. The lowest BCUT2D eigenvalue weighted by Gasteiger charge is -2.22. The molecule has 5 heteroatoms. The van der Waals surface area contributed by atoms with Crippen LogP contribution >= 0.6 is 15.9 Å². The molecule has 0 radical (unpaired) electrons. The highest BCUT2D eigenvalue weighted by molar-refractivity contribution is 9.10. The Morgan fingerprint density at radius 1 is 0.862 bits per heavy atom. The molecule has 0 spiro atoms. The first-order valence-corrected chi connectivity index (χ1v) is 11.0. The fraction of sp³-hybridized carbons (Fsp3) is 0.208. The Bertz CT molecular complexity index is 1110. The Morgan fingerprint density at radius 2 is 1.55 bits per heavy atom. The maximum atomic E-state index is 5.01. The van der Waals surface area contributed by atoms with E-state index in [-0.39, 0.29) is 0 Å². The van der Waals surface area contributed by atoms with Crippen molar-refractivity contribution in [1.82, 2.24) is 9.38 Å². The summed E-state index contributed by atoms with van der Waals surface area (Å²) in [5.74, 6) is 0. The van der Waals surface area contributed by atoms with E-state index in [1.165, 1.54) is 48.6 Å². The van der Waals surface area contributed by atoms with Gasteiger partial charge in [-0.3, -0.25) is 4.40 Å². The maximum Gasteiger partial charge on any atom is 0.137 e. The molecular formula is C24H25BrN4+2. The highest BCUT2D eigenvalue weighted by atomic mass is 79.9. The van der Waals surface area contributed by atoms with Gasteiger partial charge in [0.15, 0.2) is 0 Å². The van der Waals surface area contributed by atoms with Crippen LogP contribution in [0.25, 0.3) is 28.0 Å². The van der Waals surface area contributed by atoms with Crippen LogP contribution in [-0.4, -0.2) is 35.6 Å². The Labute approximate surface area is 179 Å². The molecule has 1 fully saturated rings. The third kappa shape index (κ3) is 3.86. The highest BCUT2D eigenvalue weighted by Crippen LogP contribution is 2.28. The quantitative estimate of drug-likeness (QED) is 0.494. The Kier molecular flexibility index (Phi) is 5.19. The van der Waals surface area contributed by atoms with E-state index in [1.54, 1.807) is 4.90 Å². The number of imidazole rings is 1. The van der Waals surface area contributed by atoms with Crippen LogP contribution in [0.2, 0.25) is 0 Å². The molecule has 4 nitrogen and oxygen atoms in total. The lowest BCUT2D eigenvalue weighted by atomic mass is 10.0. The zero-order chi connectivity index (χ0) is 19.6. The van der Waals surface area contributed by atoms with Gasteiger partial charge in [-0.15, -0.1) is 0 Å². The number of pyridine rings is 1. The lowest BCUT2D eigenvalue weighted by Crippen LogP contribution is -3.19. The van der Waals surface area contributed by atoms with E-state index in [2.05, 4.69) is 98.6 Å². The number of piperazine rings is 1. The van der Waals surface area contributed by atoms with E-state index in [0.29, 0.717) is 0 Å². The number of quaternary nitrogens is 2. The summed E-state index contributed by atoms with van der Waals surface area (Å²) in [6.45, 7) is 5.82. The van der Waals surface area contributed by atoms with Gasteiger partial charge in [-0.05, 0) is 39.2 Å². The zero-order valence-electron chi connectivity index (χ0n) is 16.3. The van der Waals surface area contributed by atoms with Crippen LogP contribution in [0.3, 0.4) is 0 Å². The molecular weight excluding hydrogens is 424 g/mol. The van der Waals surface area contributed by atoms with Crippen LogP contribution < -0.4 is 10.2 Å². The minimum Gasteiger partial charge on any atom is -0.337 e. The summed E-state index contributed by atoms with van der Waals surface area (Å²) in [4.78, 5) is 6.65. The fourth-order valence-corrected chi connectivity index (χ4v) is 4.55. The first-order chi connectivity index (χ1) is 14.3. The minimum absolute atomic E-state index is 1.00. The van der Waals surface area contributed by atoms with Crippen molar-refractivity contribution in [3.8, 4) is 22.4 Å². The summed E-state index contributed by atoms with van der Waals surface area (Å²) in [5, 5.41) is 2.41. The van der Waals surface area contributed by atoms with Crippen LogP contribution in [0.5, 0.6) is 0 Å². The Hall–Kier alpha value is -2.47. The standard InChI is InChI=1S/C24H23BrN4/c25-21-10-11-23-27-24(22(29(23)16-21)17-28-14-12-26-13-15-28)20-8-6-19(7-9-20)18-4-2-1-3-5-18/h1-11,16,26H,12-15,17H2/p+2. The number of nitrogens with two attached hydrogens (primary N) is 1. The predicted octanol–water partition coefficient (Wildman–Crippen LogP) is 2.39. The van der Waals surface area contributed by atoms with Gasteiger partial charge in [0, 0.05) is 16.2 Å². The molecule has 146 valence electrons. The SMILES string of the molecule is Brc1ccc2nc(-c3ccc(-c4ccccc4)cc3)c(C[NH+]3CC[NH2+]CC3)n2c1. The molecule has 0 atom stereocenters. The van der Waals surface area contributed by atoms with Crippen LogP contribution in [-0.2, 0) is 6.54 Å². The van der Waals surface area contributed by atoms with Gasteiger partial charge >= 0.3 is 0 Å². The molecule has 0 saturated carbocycles. The van der Waals surface area contributed by atoms with Crippen LogP contribution in [0, 0.1) is 0 Å². The summed E-state index contributed by atoms with van der Waals surface area (Å²) < 4.78 is 3.34. The summed E-state index contributed by atoms with van der Waals surface area (Å²) in [6.07, 6.45) is 2.15. The van der Waals surface area contributed by atoms with Crippen LogP contribution in [0.1, 0.15) is 5.69 Å². The van der Waals surface area contributed by atoms with E-state index in [1.807, 2.05) is 0 Å². The van der Waals surface area contributed by atoms with E-state index < -0.39 is 0 Å². The molecule has 3 heterocycles. The zero-order valence-corrected chi connectivity index (χ0v) is 17.9. The van der Waals surface area contributed by atoms with Crippen molar-refractivity contribution in [2.24, 2.45) is 0 Å². The van der Waals surface area contributed by atoms with Crippen molar-refractivity contribution in [2.75, 3.05) is 26.2 Å². The van der Waals surface area contributed by atoms with Gasteiger partial charge in [0.05, 0.1) is 5.69 Å². The van der Waals surface area contributed by atoms with Crippen LogP contribution in [0.15, 0.2) is 77.4 Å². The maximum absolute atomic E-state index is 5.01. The second-order valence-electron chi connectivity index (χ2n) is 7.72. The molecule has 2 aromatic heterocycles. The topological polar surface area (TPSA) is 38.3 Å². The van der Waals surface area contributed by atoms with Gasteiger partial charge in [0.1, 0.15) is 44.1 Å². The number of benzene rings is 2. The van der Waals surface area contributed by atoms with Crippen molar-refractivity contribution in [2.45, 2.75) is 6.54 Å². The summed E-state index contributed by atoms with van der Waals surface area (Å²) in [5.41, 5.74) is 7.07. The third-order valence-electron chi connectivity index (χ3n) is 5.77. The van der Waals surface area contributed by atoms with Gasteiger partial charge in [0.2, 0.25) is 0 Å². The molecule has 2 aromatic carbocycles. The van der Waals surface area contributed by atoms with E-state index in [4.69, 9.17) is 4.98 Å². The average molecular weight is 449 g/mol. The number of fused-ring (bicyclic) bond motifs is 1. The molecule has 0 bridgehead atoms. The molecule has 0 aliphatic carbocycles. The molecule has 0 amide bonds. The number of nitrogens with one attached hydrogen (secondary N) is 1. The van der Waals surface area contributed by atoms with E-state index >= 15 is 0 Å². The molecule has 3 N–H and O–H groups in total. The number of rotatable bonds is 4. The van der Waals surface area contributed by atoms with Gasteiger partial charge in [-0.25, -0.2) is 4.98 Å². The average Bonchev–Trinajstić information content (AvgIpc) is 3.13. The van der Waals surface area contributed by atoms with Crippen molar-refractivity contribution < 1.29 is 10.2 Å². The molecule has 1 saturated heterocycles. The second kappa shape index (κ2) is 8.11. The minimum atomic E-state index is 1.00. The van der Waals surface area contributed by atoms with Gasteiger partial charge in [-0.2, -0.15) is 0 Å². The van der Waals surface area contributed by atoms with Gasteiger partial charge in [0.25, 0.3) is 0 Å². The number of hydrogen-bond donors (Lipinski definition) is 2. The second-order valence-corrected chi connectivity index (χ2v) is 8.63. The molecule has 5 rings (SSSR count). The number of halogens is 1. The Morgan fingerprint density at radius 3 is 2.31 bits per heavy atom. The summed E-state index contributed by atoms with van der Waals surface area (Å²) >= 11 is 3.63. The smallest absolute Gasteiger partial charge is 0.137 e. The van der Waals surface area contributed by atoms with Crippen LogP contribution in [0.4, 0.5) is 0 Å². The van der Waals surface area contributed by atoms with Crippen molar-refractivity contribution >= 4 is 21.6 Å². The summed E-state index contributed by atoms with van der Waals surface area (Å²) in [6, 6.07) is 23.5. The first-order valence-electron chi connectivity index (χ1n) is 10.3. The molecule has 1 aliphatic heterocycles. The molecule has 4 aromatic rings. The number of nitrogens with zero attached hydrogens (tertiary/aromatic N) is 2. The Balaban J connectivity index is 1.55.